The molecule has 2 aromatic rings. The molecule has 1 aromatic heterocycles. The van der Waals surface area contributed by atoms with Crippen LogP contribution in [0.2, 0.25) is 10.0 Å². The first-order valence-electron chi connectivity index (χ1n) is 6.88. The molecule has 0 saturated heterocycles. The molecule has 0 atom stereocenters. The van der Waals surface area contributed by atoms with Crippen LogP contribution in [0, 0.1) is 0 Å². The highest BCUT2D eigenvalue weighted by molar-refractivity contribution is 6.42. The number of hydrogen-bond donors (Lipinski definition) is 1. The summed E-state index contributed by atoms with van der Waals surface area (Å²) in [7, 11) is 0. The molecule has 0 spiro atoms. The van der Waals surface area contributed by atoms with Crippen molar-refractivity contribution in [1.82, 2.24) is 5.32 Å². The standard InChI is InChI=1S/C16H17Cl2NO2/c17-14-7-5-12(11-15(14)18)6-8-16(20)19-9-1-3-13-4-2-10-21-13/h2,4-5,7,10-11H,1,3,6,8-9H2,(H,19,20). The molecule has 0 bridgehead atoms. The fourth-order valence-electron chi connectivity index (χ4n) is 1.99. The van der Waals surface area contributed by atoms with Gasteiger partial charge in [-0.1, -0.05) is 29.3 Å². The first kappa shape index (κ1) is 15.9. The minimum atomic E-state index is 0.0421. The molecule has 1 heterocycles. The number of hydrogen-bond acceptors (Lipinski definition) is 2. The van der Waals surface area contributed by atoms with Gasteiger partial charge in [0.2, 0.25) is 5.91 Å². The molecule has 2 rings (SSSR count). The predicted molar refractivity (Wildman–Crippen MR) is 84.8 cm³/mol. The zero-order valence-electron chi connectivity index (χ0n) is 11.6. The highest BCUT2D eigenvalue weighted by Crippen LogP contribution is 2.23. The molecule has 1 N–H and O–H groups in total. The molecule has 0 saturated carbocycles. The lowest BCUT2D eigenvalue weighted by Gasteiger charge is -2.05. The fourth-order valence-corrected chi connectivity index (χ4v) is 2.31. The molecular weight excluding hydrogens is 309 g/mol. The third-order valence-corrected chi connectivity index (χ3v) is 3.87. The number of halogens is 2. The third kappa shape index (κ3) is 5.44. The average Bonchev–Trinajstić information content (AvgIpc) is 2.98. The summed E-state index contributed by atoms with van der Waals surface area (Å²) in [5, 5.41) is 3.95. The van der Waals surface area contributed by atoms with Crippen LogP contribution < -0.4 is 5.32 Å². The summed E-state index contributed by atoms with van der Waals surface area (Å²) in [6, 6.07) is 9.24. The Hall–Kier alpha value is -1.45. The largest absolute Gasteiger partial charge is 0.469 e. The molecule has 112 valence electrons. The molecule has 5 heteroatoms. The van der Waals surface area contributed by atoms with Gasteiger partial charge in [-0.3, -0.25) is 4.79 Å². The minimum absolute atomic E-state index is 0.0421. The van der Waals surface area contributed by atoms with Crippen LogP contribution in [-0.4, -0.2) is 12.5 Å². The lowest BCUT2D eigenvalue weighted by molar-refractivity contribution is -0.121. The lowest BCUT2D eigenvalue weighted by Crippen LogP contribution is -2.24. The molecule has 0 fully saturated rings. The van der Waals surface area contributed by atoms with Crippen LogP contribution in [0.3, 0.4) is 0 Å². The highest BCUT2D eigenvalue weighted by Gasteiger charge is 2.04. The van der Waals surface area contributed by atoms with Gasteiger partial charge in [0.25, 0.3) is 0 Å². The Bertz CT molecular complexity index is 582. The van der Waals surface area contributed by atoms with Gasteiger partial charge in [0.15, 0.2) is 0 Å². The first-order valence-corrected chi connectivity index (χ1v) is 7.64. The summed E-state index contributed by atoms with van der Waals surface area (Å²) in [6.45, 7) is 0.654. The van der Waals surface area contributed by atoms with E-state index in [1.807, 2.05) is 18.2 Å². The molecule has 3 nitrogen and oxygen atoms in total. The minimum Gasteiger partial charge on any atom is -0.469 e. The van der Waals surface area contributed by atoms with Crippen LogP contribution in [0.1, 0.15) is 24.2 Å². The van der Waals surface area contributed by atoms with Crippen molar-refractivity contribution >= 4 is 29.1 Å². The summed E-state index contributed by atoms with van der Waals surface area (Å²) in [4.78, 5) is 11.7. The van der Waals surface area contributed by atoms with Gasteiger partial charge in [0, 0.05) is 19.4 Å². The van der Waals surface area contributed by atoms with Crippen LogP contribution in [0.5, 0.6) is 0 Å². The molecule has 0 radical (unpaired) electrons. The Balaban J connectivity index is 1.64. The second kappa shape index (κ2) is 8.11. The SMILES string of the molecule is O=C(CCc1ccc(Cl)c(Cl)c1)NCCCc1ccco1. The number of benzene rings is 1. The number of carbonyl (C=O) groups excluding carboxylic acids is 1. The van der Waals surface area contributed by atoms with Crippen LogP contribution in [0.4, 0.5) is 0 Å². The van der Waals surface area contributed by atoms with E-state index in [2.05, 4.69) is 5.32 Å². The van der Waals surface area contributed by atoms with Crippen LogP contribution >= 0.6 is 23.2 Å². The Morgan fingerprint density at radius 2 is 2.00 bits per heavy atom. The van der Waals surface area contributed by atoms with Crippen LogP contribution in [0.25, 0.3) is 0 Å². The molecule has 21 heavy (non-hydrogen) atoms. The van der Waals surface area contributed by atoms with Gasteiger partial charge >= 0.3 is 0 Å². The van der Waals surface area contributed by atoms with Crippen molar-refractivity contribution in [3.05, 3.63) is 58.0 Å². The third-order valence-electron chi connectivity index (χ3n) is 3.13. The Morgan fingerprint density at radius 3 is 2.71 bits per heavy atom. The van der Waals surface area contributed by atoms with Crippen molar-refractivity contribution < 1.29 is 9.21 Å². The van der Waals surface area contributed by atoms with Gasteiger partial charge in [-0.2, -0.15) is 0 Å². The van der Waals surface area contributed by atoms with E-state index in [-0.39, 0.29) is 5.91 Å². The van der Waals surface area contributed by atoms with E-state index in [9.17, 15) is 4.79 Å². The van der Waals surface area contributed by atoms with Gasteiger partial charge in [-0.25, -0.2) is 0 Å². The molecule has 0 aliphatic carbocycles. The van der Waals surface area contributed by atoms with Gasteiger partial charge in [0.1, 0.15) is 5.76 Å². The topological polar surface area (TPSA) is 42.2 Å². The maximum absolute atomic E-state index is 11.7. The maximum atomic E-state index is 11.7. The van der Waals surface area contributed by atoms with Crippen molar-refractivity contribution in [2.75, 3.05) is 6.54 Å². The molecule has 1 aromatic carbocycles. The number of aryl methyl sites for hydroxylation is 2. The first-order chi connectivity index (χ1) is 10.1. The predicted octanol–water partition coefficient (Wildman–Crippen LogP) is 4.27. The Labute approximate surface area is 134 Å². The summed E-state index contributed by atoms with van der Waals surface area (Å²) < 4.78 is 5.23. The lowest BCUT2D eigenvalue weighted by atomic mass is 10.1. The van der Waals surface area contributed by atoms with Crippen molar-refractivity contribution in [2.24, 2.45) is 0 Å². The average molecular weight is 326 g/mol. The van der Waals surface area contributed by atoms with Gasteiger partial charge in [0.05, 0.1) is 16.3 Å². The van der Waals surface area contributed by atoms with E-state index in [0.29, 0.717) is 29.4 Å². The Kier molecular flexibility index (Phi) is 6.15. The smallest absolute Gasteiger partial charge is 0.220 e. The Morgan fingerprint density at radius 1 is 1.14 bits per heavy atom. The highest BCUT2D eigenvalue weighted by atomic mass is 35.5. The summed E-state index contributed by atoms with van der Waals surface area (Å²) in [5.74, 6) is 0.987. The van der Waals surface area contributed by atoms with E-state index in [1.165, 1.54) is 0 Å². The second-order valence-corrected chi connectivity index (χ2v) is 5.60. The van der Waals surface area contributed by atoms with E-state index < -0.39 is 0 Å². The molecule has 1 amide bonds. The molecular formula is C16H17Cl2NO2. The van der Waals surface area contributed by atoms with Crippen molar-refractivity contribution in [2.45, 2.75) is 25.7 Å². The zero-order chi connectivity index (χ0) is 15.1. The summed E-state index contributed by atoms with van der Waals surface area (Å²) in [5.41, 5.74) is 1.01. The van der Waals surface area contributed by atoms with Crippen molar-refractivity contribution in [3.8, 4) is 0 Å². The van der Waals surface area contributed by atoms with E-state index in [1.54, 1.807) is 18.4 Å². The number of amides is 1. The van der Waals surface area contributed by atoms with Gasteiger partial charge in [-0.15, -0.1) is 0 Å². The number of furan rings is 1. The van der Waals surface area contributed by atoms with Gasteiger partial charge < -0.3 is 9.73 Å². The summed E-state index contributed by atoms with van der Waals surface area (Å²) >= 11 is 11.8. The maximum Gasteiger partial charge on any atom is 0.220 e. The fraction of sp³-hybridized carbons (Fsp3) is 0.312. The number of rotatable bonds is 7. The van der Waals surface area contributed by atoms with E-state index in [4.69, 9.17) is 27.6 Å². The zero-order valence-corrected chi connectivity index (χ0v) is 13.1. The monoisotopic (exact) mass is 325 g/mol. The second-order valence-electron chi connectivity index (χ2n) is 4.78. The van der Waals surface area contributed by atoms with E-state index in [0.717, 1.165) is 24.2 Å². The summed E-state index contributed by atoms with van der Waals surface area (Å²) in [6.07, 6.45) is 4.46. The molecule has 0 aliphatic rings. The number of carbonyl (C=O) groups is 1. The quantitative estimate of drug-likeness (QED) is 0.772. The van der Waals surface area contributed by atoms with E-state index >= 15 is 0 Å². The molecule has 0 unspecified atom stereocenters. The van der Waals surface area contributed by atoms with Crippen molar-refractivity contribution in [1.29, 1.82) is 0 Å². The molecule has 0 aliphatic heterocycles. The van der Waals surface area contributed by atoms with Crippen LogP contribution in [0.15, 0.2) is 41.0 Å². The normalized spacial score (nSPS) is 10.6. The van der Waals surface area contributed by atoms with Gasteiger partial charge in [-0.05, 0) is 42.7 Å². The van der Waals surface area contributed by atoms with Crippen molar-refractivity contribution in [3.63, 3.8) is 0 Å². The van der Waals surface area contributed by atoms with Crippen LogP contribution in [-0.2, 0) is 17.6 Å². The number of nitrogens with one attached hydrogen (secondary N) is 1.